The van der Waals surface area contributed by atoms with Gasteiger partial charge in [0.2, 0.25) is 0 Å². The van der Waals surface area contributed by atoms with Crippen molar-refractivity contribution in [3.63, 3.8) is 0 Å². The number of unbranched alkanes of at least 4 members (excludes halogenated alkanes) is 3. The maximum Gasteiger partial charge on any atom is 0.261 e. The highest BCUT2D eigenvalue weighted by Crippen LogP contribution is 2.22. The first-order valence-corrected chi connectivity index (χ1v) is 8.11. The van der Waals surface area contributed by atoms with Crippen molar-refractivity contribution in [1.82, 2.24) is 9.88 Å². The average molecular weight is 308 g/mol. The molecule has 2 amide bonds. The highest BCUT2D eigenvalue weighted by atomic mass is 16.2. The number of benzene rings is 1. The molecule has 1 aromatic heterocycles. The third kappa shape index (κ3) is 3.47. The molecule has 4 nitrogen and oxygen atoms in total. The van der Waals surface area contributed by atoms with Crippen LogP contribution in [-0.4, -0.2) is 28.2 Å². The van der Waals surface area contributed by atoms with Crippen molar-refractivity contribution in [3.05, 3.63) is 65.5 Å². The van der Waals surface area contributed by atoms with Crippen LogP contribution in [0.4, 0.5) is 0 Å². The van der Waals surface area contributed by atoms with Crippen molar-refractivity contribution in [3.8, 4) is 0 Å². The molecule has 0 unspecified atom stereocenters. The molecule has 0 saturated heterocycles. The monoisotopic (exact) mass is 308 g/mol. The summed E-state index contributed by atoms with van der Waals surface area (Å²) >= 11 is 0. The van der Waals surface area contributed by atoms with Gasteiger partial charge in [-0.25, -0.2) is 0 Å². The van der Waals surface area contributed by atoms with Crippen LogP contribution in [0, 0.1) is 0 Å². The number of hydrogen-bond donors (Lipinski definition) is 0. The number of fused-ring (bicyclic) bond motifs is 1. The minimum absolute atomic E-state index is 0.152. The van der Waals surface area contributed by atoms with Crippen LogP contribution in [0.5, 0.6) is 0 Å². The Bertz CT molecular complexity index is 663. The maximum absolute atomic E-state index is 12.2. The van der Waals surface area contributed by atoms with E-state index in [1.54, 1.807) is 30.5 Å². The van der Waals surface area contributed by atoms with E-state index >= 15 is 0 Å². The standard InChI is InChI=1S/C19H20N2O2/c22-18-16-10-4-5-11-17(16)19(23)21(18)13-6-2-1-3-8-15-9-7-12-20-14-15/h4-5,7,9-12,14H,1-3,6,8,13H2. The molecule has 3 rings (SSSR count). The Kier molecular flexibility index (Phi) is 4.81. The van der Waals surface area contributed by atoms with Gasteiger partial charge < -0.3 is 0 Å². The van der Waals surface area contributed by atoms with E-state index in [4.69, 9.17) is 0 Å². The van der Waals surface area contributed by atoms with Gasteiger partial charge in [0.05, 0.1) is 11.1 Å². The third-order valence-corrected chi connectivity index (χ3v) is 4.20. The predicted molar refractivity (Wildman–Crippen MR) is 88.2 cm³/mol. The molecule has 118 valence electrons. The van der Waals surface area contributed by atoms with Gasteiger partial charge in [0.1, 0.15) is 0 Å². The number of hydrogen-bond acceptors (Lipinski definition) is 3. The number of nitrogens with zero attached hydrogens (tertiary/aromatic N) is 2. The largest absolute Gasteiger partial charge is 0.274 e. The Labute approximate surface area is 136 Å². The first-order valence-electron chi connectivity index (χ1n) is 8.11. The minimum Gasteiger partial charge on any atom is -0.274 e. The van der Waals surface area contributed by atoms with Crippen LogP contribution in [0.1, 0.15) is 52.0 Å². The van der Waals surface area contributed by atoms with E-state index in [0.29, 0.717) is 17.7 Å². The van der Waals surface area contributed by atoms with E-state index in [1.165, 1.54) is 10.5 Å². The maximum atomic E-state index is 12.2. The topological polar surface area (TPSA) is 50.3 Å². The van der Waals surface area contributed by atoms with Gasteiger partial charge in [0.15, 0.2) is 0 Å². The summed E-state index contributed by atoms with van der Waals surface area (Å²) in [6.07, 6.45) is 8.79. The lowest BCUT2D eigenvalue weighted by atomic mass is 10.1. The lowest BCUT2D eigenvalue weighted by molar-refractivity contribution is 0.0651. The predicted octanol–water partition coefficient (Wildman–Crippen LogP) is 3.48. The number of imide groups is 1. The number of rotatable bonds is 7. The van der Waals surface area contributed by atoms with Gasteiger partial charge in [-0.2, -0.15) is 0 Å². The van der Waals surface area contributed by atoms with E-state index in [2.05, 4.69) is 11.1 Å². The van der Waals surface area contributed by atoms with Crippen LogP contribution in [0.25, 0.3) is 0 Å². The zero-order valence-corrected chi connectivity index (χ0v) is 13.1. The Balaban J connectivity index is 1.40. The van der Waals surface area contributed by atoms with Gasteiger partial charge >= 0.3 is 0 Å². The zero-order valence-electron chi connectivity index (χ0n) is 13.1. The molecular weight excluding hydrogens is 288 g/mol. The molecule has 1 aliphatic rings. The molecule has 0 radical (unpaired) electrons. The van der Waals surface area contributed by atoms with Crippen molar-refractivity contribution in [2.45, 2.75) is 32.1 Å². The van der Waals surface area contributed by atoms with Gasteiger partial charge in [0, 0.05) is 18.9 Å². The highest BCUT2D eigenvalue weighted by molar-refractivity contribution is 6.21. The first-order chi connectivity index (χ1) is 11.3. The summed E-state index contributed by atoms with van der Waals surface area (Å²) < 4.78 is 0. The molecule has 0 aliphatic carbocycles. The molecule has 0 bridgehead atoms. The molecule has 0 atom stereocenters. The Morgan fingerprint density at radius 2 is 1.52 bits per heavy atom. The quantitative estimate of drug-likeness (QED) is 0.581. The molecule has 0 spiro atoms. The molecule has 0 N–H and O–H groups in total. The SMILES string of the molecule is O=C1c2ccccc2C(=O)N1CCCCCCc1cccnc1. The number of carbonyl (C=O) groups excluding carboxylic acids is 2. The molecule has 2 heterocycles. The average Bonchev–Trinajstić information content (AvgIpc) is 2.84. The summed E-state index contributed by atoms with van der Waals surface area (Å²) in [6, 6.07) is 11.1. The fourth-order valence-electron chi connectivity index (χ4n) is 2.94. The van der Waals surface area contributed by atoms with Crippen molar-refractivity contribution in [2.75, 3.05) is 6.54 Å². The molecule has 0 saturated carbocycles. The molecule has 1 aliphatic heterocycles. The van der Waals surface area contributed by atoms with Gasteiger partial charge in [-0.1, -0.05) is 31.0 Å². The summed E-state index contributed by atoms with van der Waals surface area (Å²) in [5.41, 5.74) is 2.33. The number of aryl methyl sites for hydroxylation is 1. The molecule has 23 heavy (non-hydrogen) atoms. The molecule has 2 aromatic rings. The van der Waals surface area contributed by atoms with Gasteiger partial charge in [-0.3, -0.25) is 19.5 Å². The zero-order chi connectivity index (χ0) is 16.1. The lowest BCUT2D eigenvalue weighted by Gasteiger charge is -2.13. The van der Waals surface area contributed by atoms with Crippen molar-refractivity contribution in [2.24, 2.45) is 0 Å². The van der Waals surface area contributed by atoms with Crippen molar-refractivity contribution < 1.29 is 9.59 Å². The second-order valence-corrected chi connectivity index (χ2v) is 5.83. The lowest BCUT2D eigenvalue weighted by Crippen LogP contribution is -2.30. The normalized spacial score (nSPS) is 13.5. The van der Waals surface area contributed by atoms with Crippen LogP contribution in [-0.2, 0) is 6.42 Å². The van der Waals surface area contributed by atoms with E-state index < -0.39 is 0 Å². The second-order valence-electron chi connectivity index (χ2n) is 5.83. The van der Waals surface area contributed by atoms with E-state index in [9.17, 15) is 9.59 Å². The molecular formula is C19H20N2O2. The third-order valence-electron chi connectivity index (χ3n) is 4.20. The van der Waals surface area contributed by atoms with Gasteiger partial charge in [0.25, 0.3) is 11.8 Å². The highest BCUT2D eigenvalue weighted by Gasteiger charge is 2.34. The summed E-state index contributed by atoms with van der Waals surface area (Å²) in [5.74, 6) is -0.304. The summed E-state index contributed by atoms with van der Waals surface area (Å²) in [5, 5.41) is 0. The van der Waals surface area contributed by atoms with Crippen molar-refractivity contribution in [1.29, 1.82) is 0 Å². The number of pyridine rings is 1. The Hall–Kier alpha value is -2.49. The number of carbonyl (C=O) groups is 2. The Morgan fingerprint density at radius 3 is 2.17 bits per heavy atom. The summed E-state index contributed by atoms with van der Waals surface area (Å²) in [7, 11) is 0. The van der Waals surface area contributed by atoms with Crippen LogP contribution in [0.2, 0.25) is 0 Å². The second kappa shape index (κ2) is 7.18. The van der Waals surface area contributed by atoms with E-state index in [1.807, 2.05) is 12.3 Å². The van der Waals surface area contributed by atoms with Crippen LogP contribution in [0.3, 0.4) is 0 Å². The fourth-order valence-corrected chi connectivity index (χ4v) is 2.94. The van der Waals surface area contributed by atoms with E-state index in [-0.39, 0.29) is 11.8 Å². The van der Waals surface area contributed by atoms with Crippen LogP contribution >= 0.6 is 0 Å². The van der Waals surface area contributed by atoms with Crippen molar-refractivity contribution >= 4 is 11.8 Å². The van der Waals surface area contributed by atoms with Crippen LogP contribution < -0.4 is 0 Å². The van der Waals surface area contributed by atoms with E-state index in [0.717, 1.165) is 32.1 Å². The minimum atomic E-state index is -0.152. The molecule has 4 heteroatoms. The number of amides is 2. The van der Waals surface area contributed by atoms with Crippen LogP contribution in [0.15, 0.2) is 48.8 Å². The number of aromatic nitrogens is 1. The molecule has 0 fully saturated rings. The Morgan fingerprint density at radius 1 is 0.826 bits per heavy atom. The molecule has 1 aromatic carbocycles. The summed E-state index contributed by atoms with van der Waals surface area (Å²) in [4.78, 5) is 29.9. The first kappa shape index (κ1) is 15.4. The fraction of sp³-hybridized carbons (Fsp3) is 0.316. The van der Waals surface area contributed by atoms with Gasteiger partial charge in [-0.15, -0.1) is 0 Å². The summed E-state index contributed by atoms with van der Waals surface area (Å²) in [6.45, 7) is 0.513. The smallest absolute Gasteiger partial charge is 0.261 e. The van der Waals surface area contributed by atoms with Gasteiger partial charge in [-0.05, 0) is 43.0 Å².